The van der Waals surface area contributed by atoms with E-state index in [1.165, 1.54) is 22.3 Å². The average Bonchev–Trinajstić information content (AvgIpc) is 3.43. The summed E-state index contributed by atoms with van der Waals surface area (Å²) in [5.41, 5.74) is 3.64. The maximum absolute atomic E-state index is 11.9. The van der Waals surface area contributed by atoms with Gasteiger partial charge < -0.3 is 10.1 Å². The predicted molar refractivity (Wildman–Crippen MR) is 163 cm³/mol. The van der Waals surface area contributed by atoms with Crippen molar-refractivity contribution in [1.82, 2.24) is 38.9 Å². The topological polar surface area (TPSA) is 131 Å². The third-order valence-corrected chi connectivity index (χ3v) is 9.47. The van der Waals surface area contributed by atoms with Gasteiger partial charge in [0, 0.05) is 50.9 Å². The van der Waals surface area contributed by atoms with E-state index in [2.05, 4.69) is 37.4 Å². The van der Waals surface area contributed by atoms with Gasteiger partial charge in [0.15, 0.2) is 17.2 Å². The second-order valence-corrected chi connectivity index (χ2v) is 13.4. The zero-order chi connectivity index (χ0) is 29.3. The first-order valence-electron chi connectivity index (χ1n) is 14.1. The molecule has 222 valence electrons. The Bertz CT molecular complexity index is 1680. The number of nitrogens with one attached hydrogen (secondary N) is 1. The number of aryl methyl sites for hydroxylation is 1. The van der Waals surface area contributed by atoms with E-state index >= 15 is 0 Å². The second kappa shape index (κ2) is 12.2. The summed E-state index contributed by atoms with van der Waals surface area (Å²) in [6.45, 7) is 5.51. The first-order chi connectivity index (χ1) is 20.3. The Morgan fingerprint density at radius 2 is 1.93 bits per heavy atom. The molecule has 0 amide bonds. The lowest BCUT2D eigenvalue weighted by Gasteiger charge is -2.33. The third kappa shape index (κ3) is 6.27. The van der Waals surface area contributed by atoms with E-state index in [1.807, 2.05) is 42.4 Å². The van der Waals surface area contributed by atoms with Gasteiger partial charge in [-0.15, -0.1) is 0 Å². The fourth-order valence-corrected chi connectivity index (χ4v) is 6.69. The van der Waals surface area contributed by atoms with Gasteiger partial charge >= 0.3 is 0 Å². The van der Waals surface area contributed by atoms with E-state index in [0.717, 1.165) is 53.6 Å². The largest absolute Gasteiger partial charge is 0.356 e. The lowest BCUT2D eigenvalue weighted by Crippen LogP contribution is -2.47. The number of fused-ring (bicyclic) bond motifs is 1. The maximum atomic E-state index is 11.9. The van der Waals surface area contributed by atoms with Gasteiger partial charge in [-0.05, 0) is 56.2 Å². The van der Waals surface area contributed by atoms with E-state index in [4.69, 9.17) is 14.7 Å². The average molecular weight is 610 g/mol. The summed E-state index contributed by atoms with van der Waals surface area (Å²) in [6.07, 6.45) is 10.0. The SMILES string of the molecule is CSc1nc(C)nc(-c2cc(CN3CCN(S(C)(=O)=O)CC3)cnc2Nc2cccc3c2cnn3C2CCCCO2)n1. The third-order valence-electron chi connectivity index (χ3n) is 7.62. The molecule has 42 heavy (non-hydrogen) atoms. The summed E-state index contributed by atoms with van der Waals surface area (Å²) in [5, 5.41) is 9.84. The molecule has 0 spiro atoms. The molecule has 1 N–H and O–H groups in total. The van der Waals surface area contributed by atoms with Crippen LogP contribution >= 0.6 is 11.8 Å². The molecule has 3 aromatic heterocycles. The van der Waals surface area contributed by atoms with Gasteiger partial charge in [0.25, 0.3) is 0 Å². The lowest BCUT2D eigenvalue weighted by atomic mass is 10.1. The van der Waals surface area contributed by atoms with E-state index < -0.39 is 10.0 Å². The van der Waals surface area contributed by atoms with Crippen molar-refractivity contribution in [2.45, 2.75) is 44.1 Å². The first kappa shape index (κ1) is 28.9. The molecule has 0 bridgehead atoms. The quantitative estimate of drug-likeness (QED) is 0.292. The van der Waals surface area contributed by atoms with Gasteiger partial charge in [-0.25, -0.2) is 33.0 Å². The molecule has 4 aromatic rings. The van der Waals surface area contributed by atoms with Gasteiger partial charge in [0.1, 0.15) is 11.6 Å². The number of benzene rings is 1. The molecule has 0 aliphatic carbocycles. The van der Waals surface area contributed by atoms with Crippen molar-refractivity contribution < 1.29 is 13.2 Å². The maximum Gasteiger partial charge on any atom is 0.211 e. The minimum absolute atomic E-state index is 0.0584. The minimum atomic E-state index is -3.18. The molecule has 2 fully saturated rings. The van der Waals surface area contributed by atoms with Gasteiger partial charge in [-0.3, -0.25) is 4.90 Å². The fraction of sp³-hybridized carbons (Fsp3) is 0.464. The van der Waals surface area contributed by atoms with E-state index in [-0.39, 0.29) is 6.23 Å². The Kier molecular flexibility index (Phi) is 8.41. The lowest BCUT2D eigenvalue weighted by molar-refractivity contribution is -0.0366. The number of sulfonamides is 1. The molecule has 5 heterocycles. The Hall–Kier alpha value is -3.17. The van der Waals surface area contributed by atoms with Crippen molar-refractivity contribution >= 4 is 44.2 Å². The standard InChI is InChI=1S/C28H35N9O3S2/c1-19-31-27(34-28(32-19)41-2)21-15-20(18-35-10-12-36(13-11-35)42(3,38)39)16-29-26(21)33-23-7-6-8-24-22(23)17-30-37(24)25-9-4-5-14-40-25/h6-8,15-17,25H,4-5,9-14,18H2,1-3H3,(H,29,33). The second-order valence-electron chi connectivity index (χ2n) is 10.6. The van der Waals surface area contributed by atoms with Crippen LogP contribution < -0.4 is 5.32 Å². The highest BCUT2D eigenvalue weighted by Crippen LogP contribution is 2.34. The molecule has 2 saturated heterocycles. The van der Waals surface area contributed by atoms with Crippen LogP contribution in [-0.2, 0) is 21.3 Å². The molecule has 1 atom stereocenters. The minimum Gasteiger partial charge on any atom is -0.356 e. The van der Waals surface area contributed by atoms with E-state index in [9.17, 15) is 8.42 Å². The van der Waals surface area contributed by atoms with Crippen LogP contribution in [0.5, 0.6) is 0 Å². The Morgan fingerprint density at radius 1 is 1.10 bits per heavy atom. The molecule has 1 aromatic carbocycles. The number of rotatable bonds is 8. The van der Waals surface area contributed by atoms with Crippen LogP contribution in [0.3, 0.4) is 0 Å². The zero-order valence-electron chi connectivity index (χ0n) is 24.0. The van der Waals surface area contributed by atoms with Crippen LogP contribution in [-0.4, -0.2) is 92.6 Å². The number of aromatic nitrogens is 6. The van der Waals surface area contributed by atoms with E-state index in [0.29, 0.717) is 55.3 Å². The molecular formula is C28H35N9O3S2. The molecule has 12 nitrogen and oxygen atoms in total. The highest BCUT2D eigenvalue weighted by Gasteiger charge is 2.24. The monoisotopic (exact) mass is 609 g/mol. The highest BCUT2D eigenvalue weighted by atomic mass is 32.2. The predicted octanol–water partition coefficient (Wildman–Crippen LogP) is 3.83. The van der Waals surface area contributed by atoms with Crippen molar-refractivity contribution in [2.24, 2.45) is 0 Å². The fourth-order valence-electron chi connectivity index (χ4n) is 5.46. The summed E-state index contributed by atoms with van der Waals surface area (Å²) < 4.78 is 33.4. The molecule has 6 rings (SSSR count). The summed E-state index contributed by atoms with van der Waals surface area (Å²) in [5.74, 6) is 1.81. The normalized spacial score (nSPS) is 18.9. The summed E-state index contributed by atoms with van der Waals surface area (Å²) >= 11 is 1.47. The van der Waals surface area contributed by atoms with Crippen LogP contribution in [0.2, 0.25) is 0 Å². The smallest absolute Gasteiger partial charge is 0.211 e. The number of nitrogens with zero attached hydrogens (tertiary/aromatic N) is 8. The van der Waals surface area contributed by atoms with Crippen molar-refractivity contribution in [1.29, 1.82) is 0 Å². The van der Waals surface area contributed by atoms with Gasteiger partial charge in [0.05, 0.1) is 29.2 Å². The van der Waals surface area contributed by atoms with Crippen LogP contribution in [0.1, 0.15) is 36.9 Å². The number of piperazine rings is 1. The number of anilines is 2. The molecule has 0 radical (unpaired) electrons. The van der Waals surface area contributed by atoms with Crippen molar-refractivity contribution in [3.05, 3.63) is 48.0 Å². The molecule has 0 saturated carbocycles. The molecule has 14 heteroatoms. The van der Waals surface area contributed by atoms with Gasteiger partial charge in [-0.2, -0.15) is 9.40 Å². The first-order valence-corrected chi connectivity index (χ1v) is 17.1. The van der Waals surface area contributed by atoms with Gasteiger partial charge in [0.2, 0.25) is 10.0 Å². The van der Waals surface area contributed by atoms with Crippen LogP contribution in [0.15, 0.2) is 41.8 Å². The summed E-state index contributed by atoms with van der Waals surface area (Å²) in [4.78, 5) is 20.9. The number of ether oxygens (including phenoxy) is 1. The number of pyridine rings is 1. The van der Waals surface area contributed by atoms with Crippen molar-refractivity contribution in [3.63, 3.8) is 0 Å². The Morgan fingerprint density at radius 3 is 2.67 bits per heavy atom. The van der Waals surface area contributed by atoms with Crippen LogP contribution in [0, 0.1) is 6.92 Å². The highest BCUT2D eigenvalue weighted by molar-refractivity contribution is 7.98. The molecule has 2 aliphatic heterocycles. The van der Waals surface area contributed by atoms with Crippen LogP contribution in [0.25, 0.3) is 22.3 Å². The Balaban J connectivity index is 1.32. The zero-order valence-corrected chi connectivity index (χ0v) is 25.7. The van der Waals surface area contributed by atoms with E-state index in [1.54, 1.807) is 0 Å². The number of hydrogen-bond donors (Lipinski definition) is 1. The molecule has 1 unspecified atom stereocenters. The van der Waals surface area contributed by atoms with Gasteiger partial charge in [-0.1, -0.05) is 17.8 Å². The van der Waals surface area contributed by atoms with Crippen molar-refractivity contribution in [2.75, 3.05) is 50.6 Å². The van der Waals surface area contributed by atoms with Crippen LogP contribution in [0.4, 0.5) is 11.5 Å². The molecule has 2 aliphatic rings. The number of thioether (sulfide) groups is 1. The molecular weight excluding hydrogens is 575 g/mol. The number of hydrogen-bond acceptors (Lipinski definition) is 11. The summed E-state index contributed by atoms with van der Waals surface area (Å²) in [7, 11) is -3.18. The summed E-state index contributed by atoms with van der Waals surface area (Å²) in [6, 6.07) is 8.15. The Labute approximate surface area is 250 Å². The van der Waals surface area contributed by atoms with Crippen molar-refractivity contribution in [3.8, 4) is 11.4 Å².